The Bertz CT molecular complexity index is 397. The third kappa shape index (κ3) is 1.48. The van der Waals surface area contributed by atoms with Crippen molar-refractivity contribution >= 4 is 0 Å². The van der Waals surface area contributed by atoms with Gasteiger partial charge in [-0.3, -0.25) is 0 Å². The first kappa shape index (κ1) is 11.3. The molecule has 1 aromatic carbocycles. The standard InChI is InChI=1S/C12H15F2NO/c1-16-11-8(3-4-9(13)10(11)14)12(7-15)5-2-6-12/h3-4H,2,5-7,15H2,1H3. The molecule has 4 heteroatoms. The van der Waals surface area contributed by atoms with Crippen LogP contribution in [0.5, 0.6) is 5.75 Å². The van der Waals surface area contributed by atoms with Gasteiger partial charge in [0.1, 0.15) is 0 Å². The first-order valence-electron chi connectivity index (χ1n) is 5.37. The zero-order chi connectivity index (χ0) is 11.8. The number of hydrogen-bond donors (Lipinski definition) is 1. The topological polar surface area (TPSA) is 35.2 Å². The van der Waals surface area contributed by atoms with E-state index < -0.39 is 11.6 Å². The number of nitrogens with two attached hydrogens (primary N) is 1. The van der Waals surface area contributed by atoms with Crippen LogP contribution in [0.4, 0.5) is 8.78 Å². The van der Waals surface area contributed by atoms with Crippen molar-refractivity contribution < 1.29 is 13.5 Å². The van der Waals surface area contributed by atoms with E-state index in [0.717, 1.165) is 25.3 Å². The zero-order valence-corrected chi connectivity index (χ0v) is 9.22. The lowest BCUT2D eigenvalue weighted by molar-refractivity contribution is 0.239. The van der Waals surface area contributed by atoms with Crippen molar-refractivity contribution in [2.24, 2.45) is 5.73 Å². The predicted molar refractivity (Wildman–Crippen MR) is 57.5 cm³/mol. The number of methoxy groups -OCH3 is 1. The number of ether oxygens (including phenoxy) is 1. The second kappa shape index (κ2) is 4.01. The van der Waals surface area contributed by atoms with Gasteiger partial charge in [0.15, 0.2) is 11.6 Å². The van der Waals surface area contributed by atoms with Crippen LogP contribution in [-0.2, 0) is 5.41 Å². The normalized spacial score (nSPS) is 18.0. The van der Waals surface area contributed by atoms with Crippen LogP contribution in [0.1, 0.15) is 24.8 Å². The summed E-state index contributed by atoms with van der Waals surface area (Å²) in [6.07, 6.45) is 2.88. The molecular weight excluding hydrogens is 212 g/mol. The molecule has 2 rings (SSSR count). The smallest absolute Gasteiger partial charge is 0.200 e. The molecule has 1 saturated carbocycles. The molecule has 0 heterocycles. The van der Waals surface area contributed by atoms with Crippen molar-refractivity contribution in [3.8, 4) is 5.75 Å². The molecule has 0 saturated heterocycles. The zero-order valence-electron chi connectivity index (χ0n) is 9.22. The van der Waals surface area contributed by atoms with Crippen molar-refractivity contribution in [3.63, 3.8) is 0 Å². The van der Waals surface area contributed by atoms with Crippen LogP contribution >= 0.6 is 0 Å². The Labute approximate surface area is 93.4 Å². The number of hydrogen-bond acceptors (Lipinski definition) is 2. The van der Waals surface area contributed by atoms with Gasteiger partial charge >= 0.3 is 0 Å². The highest BCUT2D eigenvalue weighted by molar-refractivity contribution is 5.43. The predicted octanol–water partition coefficient (Wildman–Crippen LogP) is 2.35. The van der Waals surface area contributed by atoms with E-state index in [9.17, 15) is 8.78 Å². The summed E-state index contributed by atoms with van der Waals surface area (Å²) in [6, 6.07) is 2.73. The van der Waals surface area contributed by atoms with Gasteiger partial charge in [-0.25, -0.2) is 4.39 Å². The molecule has 0 aromatic heterocycles. The first-order chi connectivity index (χ1) is 7.64. The molecular formula is C12H15F2NO. The molecule has 2 N–H and O–H groups in total. The Balaban J connectivity index is 2.52. The third-order valence-corrected chi connectivity index (χ3v) is 3.53. The Morgan fingerprint density at radius 2 is 2.06 bits per heavy atom. The SMILES string of the molecule is COc1c(C2(CN)CCC2)ccc(F)c1F. The van der Waals surface area contributed by atoms with E-state index in [4.69, 9.17) is 10.5 Å². The van der Waals surface area contributed by atoms with Gasteiger partial charge in [0, 0.05) is 17.5 Å². The van der Waals surface area contributed by atoms with Gasteiger partial charge in [0.25, 0.3) is 0 Å². The highest BCUT2D eigenvalue weighted by Gasteiger charge is 2.40. The number of rotatable bonds is 3. The van der Waals surface area contributed by atoms with E-state index in [2.05, 4.69) is 0 Å². The van der Waals surface area contributed by atoms with E-state index in [1.807, 2.05) is 0 Å². The maximum atomic E-state index is 13.5. The molecule has 0 radical (unpaired) electrons. The van der Waals surface area contributed by atoms with Crippen molar-refractivity contribution in [2.45, 2.75) is 24.7 Å². The summed E-state index contributed by atoms with van der Waals surface area (Å²) < 4.78 is 31.6. The van der Waals surface area contributed by atoms with E-state index in [1.54, 1.807) is 6.07 Å². The summed E-state index contributed by atoms with van der Waals surface area (Å²) in [4.78, 5) is 0. The molecule has 0 unspecified atom stereocenters. The van der Waals surface area contributed by atoms with Crippen molar-refractivity contribution in [2.75, 3.05) is 13.7 Å². The molecule has 2 nitrogen and oxygen atoms in total. The van der Waals surface area contributed by atoms with Crippen molar-refractivity contribution in [1.82, 2.24) is 0 Å². The molecule has 1 aromatic rings. The van der Waals surface area contributed by atoms with Gasteiger partial charge in [-0.2, -0.15) is 4.39 Å². The van der Waals surface area contributed by atoms with Gasteiger partial charge in [0.2, 0.25) is 5.82 Å². The largest absolute Gasteiger partial charge is 0.493 e. The summed E-state index contributed by atoms with van der Waals surface area (Å²) in [6.45, 7) is 0.439. The Kier molecular flexibility index (Phi) is 2.84. The molecule has 0 spiro atoms. The Morgan fingerprint density at radius 1 is 1.38 bits per heavy atom. The molecule has 16 heavy (non-hydrogen) atoms. The minimum absolute atomic E-state index is 0.00477. The minimum atomic E-state index is -0.917. The minimum Gasteiger partial charge on any atom is -0.493 e. The van der Waals surface area contributed by atoms with Gasteiger partial charge in [0.05, 0.1) is 7.11 Å². The first-order valence-corrected chi connectivity index (χ1v) is 5.37. The molecule has 0 aliphatic heterocycles. The monoisotopic (exact) mass is 227 g/mol. The summed E-state index contributed by atoms with van der Waals surface area (Å²) in [5.74, 6) is -1.79. The van der Waals surface area contributed by atoms with Crippen LogP contribution in [0.25, 0.3) is 0 Å². The number of halogens is 2. The van der Waals surface area contributed by atoms with Gasteiger partial charge in [-0.05, 0) is 18.9 Å². The molecule has 1 fully saturated rings. The summed E-state index contributed by atoms with van der Waals surface area (Å²) >= 11 is 0. The van der Waals surface area contributed by atoms with Gasteiger partial charge in [-0.1, -0.05) is 12.5 Å². The Hall–Kier alpha value is -1.16. The highest BCUT2D eigenvalue weighted by atomic mass is 19.2. The Morgan fingerprint density at radius 3 is 2.50 bits per heavy atom. The van der Waals surface area contributed by atoms with Crippen LogP contribution < -0.4 is 10.5 Å². The highest BCUT2D eigenvalue weighted by Crippen LogP contribution is 2.47. The third-order valence-electron chi connectivity index (χ3n) is 3.53. The van der Waals surface area contributed by atoms with E-state index in [-0.39, 0.29) is 11.2 Å². The average Bonchev–Trinajstić information content (AvgIpc) is 2.23. The molecule has 0 atom stereocenters. The quantitative estimate of drug-likeness (QED) is 0.860. The fourth-order valence-electron chi connectivity index (χ4n) is 2.34. The van der Waals surface area contributed by atoms with Crippen LogP contribution in [-0.4, -0.2) is 13.7 Å². The molecule has 0 amide bonds. The van der Waals surface area contributed by atoms with Crippen LogP contribution in [0, 0.1) is 11.6 Å². The van der Waals surface area contributed by atoms with E-state index >= 15 is 0 Å². The lowest BCUT2D eigenvalue weighted by atomic mass is 9.64. The van der Waals surface area contributed by atoms with Crippen LogP contribution in [0.15, 0.2) is 12.1 Å². The molecule has 1 aliphatic carbocycles. The molecule has 88 valence electrons. The average molecular weight is 227 g/mol. The lowest BCUT2D eigenvalue weighted by Crippen LogP contribution is -2.42. The van der Waals surface area contributed by atoms with Crippen molar-refractivity contribution in [3.05, 3.63) is 29.3 Å². The summed E-state index contributed by atoms with van der Waals surface area (Å²) in [5, 5.41) is 0. The van der Waals surface area contributed by atoms with Crippen LogP contribution in [0.2, 0.25) is 0 Å². The molecule has 1 aliphatic rings. The van der Waals surface area contributed by atoms with E-state index in [0.29, 0.717) is 12.1 Å². The fourth-order valence-corrected chi connectivity index (χ4v) is 2.34. The van der Waals surface area contributed by atoms with Gasteiger partial charge < -0.3 is 10.5 Å². The molecule has 0 bridgehead atoms. The summed E-state index contributed by atoms with van der Waals surface area (Å²) in [5.41, 5.74) is 6.22. The van der Waals surface area contributed by atoms with Crippen LogP contribution in [0.3, 0.4) is 0 Å². The lowest BCUT2D eigenvalue weighted by Gasteiger charge is -2.42. The fraction of sp³-hybridized carbons (Fsp3) is 0.500. The number of benzene rings is 1. The van der Waals surface area contributed by atoms with Crippen molar-refractivity contribution in [1.29, 1.82) is 0 Å². The van der Waals surface area contributed by atoms with E-state index in [1.165, 1.54) is 7.11 Å². The maximum Gasteiger partial charge on any atom is 0.200 e. The second-order valence-electron chi connectivity index (χ2n) is 4.28. The van der Waals surface area contributed by atoms with Gasteiger partial charge in [-0.15, -0.1) is 0 Å². The second-order valence-corrected chi connectivity index (χ2v) is 4.28. The maximum absolute atomic E-state index is 13.5. The summed E-state index contributed by atoms with van der Waals surface area (Å²) in [7, 11) is 1.35.